The van der Waals surface area contributed by atoms with Gasteiger partial charge in [0.2, 0.25) is 0 Å². The molecule has 0 aromatic carbocycles. The number of rotatable bonds is 2. The van der Waals surface area contributed by atoms with Gasteiger partial charge >= 0.3 is 0 Å². The Kier molecular flexibility index (Phi) is 7.60. The van der Waals surface area contributed by atoms with Gasteiger partial charge < -0.3 is 5.11 Å². The molecule has 0 radical (unpaired) electrons. The highest BCUT2D eigenvalue weighted by Crippen LogP contribution is 1.88. The molecule has 0 fully saturated rings. The van der Waals surface area contributed by atoms with Crippen molar-refractivity contribution in [3.8, 4) is 0 Å². The molecule has 1 aromatic rings. The van der Waals surface area contributed by atoms with E-state index in [0.717, 1.165) is 12.8 Å². The van der Waals surface area contributed by atoms with Crippen LogP contribution in [0, 0.1) is 6.92 Å². The zero-order valence-electron chi connectivity index (χ0n) is 7.83. The molecule has 1 rings (SSSR count). The molecule has 2 nitrogen and oxygen atoms in total. The van der Waals surface area contributed by atoms with E-state index in [1.807, 2.05) is 25.3 Å². The first-order chi connectivity index (χ1) is 5.81. The first-order valence-electron chi connectivity index (χ1n) is 4.28. The molecular formula is C10H17NO. The fourth-order valence-electron chi connectivity index (χ4n) is 0.606. The average molecular weight is 167 g/mol. The van der Waals surface area contributed by atoms with Crippen LogP contribution in [0.25, 0.3) is 0 Å². The van der Waals surface area contributed by atoms with Gasteiger partial charge in [-0.1, -0.05) is 19.4 Å². The summed E-state index contributed by atoms with van der Waals surface area (Å²) in [6, 6.07) is 3.95. The predicted molar refractivity (Wildman–Crippen MR) is 51.0 cm³/mol. The van der Waals surface area contributed by atoms with Crippen LogP contribution in [0.15, 0.2) is 24.5 Å². The second-order valence-electron chi connectivity index (χ2n) is 2.61. The molecule has 68 valence electrons. The van der Waals surface area contributed by atoms with Crippen molar-refractivity contribution in [3.05, 3.63) is 30.1 Å². The van der Waals surface area contributed by atoms with E-state index in [1.165, 1.54) is 5.56 Å². The molecule has 0 unspecified atom stereocenters. The van der Waals surface area contributed by atoms with Gasteiger partial charge in [-0.15, -0.1) is 0 Å². The first-order valence-corrected chi connectivity index (χ1v) is 4.28. The van der Waals surface area contributed by atoms with Crippen molar-refractivity contribution in [1.29, 1.82) is 0 Å². The predicted octanol–water partition coefficient (Wildman–Crippen LogP) is 2.17. The van der Waals surface area contributed by atoms with E-state index in [2.05, 4.69) is 11.9 Å². The Hall–Kier alpha value is -0.890. The smallest absolute Gasteiger partial charge is 0.0430 e. The zero-order valence-corrected chi connectivity index (χ0v) is 7.83. The number of aromatic nitrogens is 1. The van der Waals surface area contributed by atoms with Gasteiger partial charge in [-0.05, 0) is 25.0 Å². The summed E-state index contributed by atoms with van der Waals surface area (Å²) in [5.41, 5.74) is 1.21. The highest BCUT2D eigenvalue weighted by Gasteiger charge is 1.73. The molecule has 0 spiro atoms. The number of hydrogen-bond donors (Lipinski definition) is 1. The molecule has 0 bridgehead atoms. The molecule has 1 heterocycles. The minimum absolute atomic E-state index is 0.344. The fraction of sp³-hybridized carbons (Fsp3) is 0.500. The van der Waals surface area contributed by atoms with E-state index in [0.29, 0.717) is 6.61 Å². The standard InChI is InChI=1S/C6H7N.C4H10O/c1-6-3-2-4-7-5-6;1-2-3-4-5/h2-5H,1H3;5H,2-4H2,1H3. The van der Waals surface area contributed by atoms with Crippen molar-refractivity contribution in [2.75, 3.05) is 6.61 Å². The lowest BCUT2D eigenvalue weighted by Gasteiger charge is -1.82. The lowest BCUT2D eigenvalue weighted by Crippen LogP contribution is -1.75. The molecule has 0 saturated carbocycles. The number of hydrogen-bond acceptors (Lipinski definition) is 2. The maximum Gasteiger partial charge on any atom is 0.0430 e. The molecule has 0 aliphatic carbocycles. The van der Waals surface area contributed by atoms with E-state index in [-0.39, 0.29) is 0 Å². The molecule has 0 amide bonds. The number of aryl methyl sites for hydroxylation is 1. The Morgan fingerprint density at radius 2 is 2.25 bits per heavy atom. The molecule has 0 atom stereocenters. The van der Waals surface area contributed by atoms with Crippen LogP contribution in [0.2, 0.25) is 0 Å². The minimum Gasteiger partial charge on any atom is -0.396 e. The highest BCUT2D eigenvalue weighted by molar-refractivity contribution is 5.04. The van der Waals surface area contributed by atoms with Gasteiger partial charge in [0, 0.05) is 19.0 Å². The maximum atomic E-state index is 8.07. The lowest BCUT2D eigenvalue weighted by atomic mass is 10.3. The topological polar surface area (TPSA) is 33.1 Å². The molecule has 1 aromatic heterocycles. The Balaban J connectivity index is 0.000000217. The van der Waals surface area contributed by atoms with Crippen LogP contribution in [0.5, 0.6) is 0 Å². The quantitative estimate of drug-likeness (QED) is 0.732. The summed E-state index contributed by atoms with van der Waals surface area (Å²) < 4.78 is 0. The van der Waals surface area contributed by atoms with Crippen molar-refractivity contribution >= 4 is 0 Å². The van der Waals surface area contributed by atoms with E-state index in [1.54, 1.807) is 6.20 Å². The largest absolute Gasteiger partial charge is 0.396 e. The third-order valence-corrected chi connectivity index (χ3v) is 1.32. The Bertz CT molecular complexity index is 172. The number of aliphatic hydroxyl groups is 1. The number of pyridine rings is 1. The summed E-state index contributed by atoms with van der Waals surface area (Å²) in [5.74, 6) is 0. The number of aliphatic hydroxyl groups excluding tert-OH is 1. The second-order valence-corrected chi connectivity index (χ2v) is 2.61. The number of nitrogens with zero attached hydrogens (tertiary/aromatic N) is 1. The van der Waals surface area contributed by atoms with Crippen molar-refractivity contribution in [3.63, 3.8) is 0 Å². The van der Waals surface area contributed by atoms with Crippen LogP contribution < -0.4 is 0 Å². The number of unbranched alkanes of at least 4 members (excludes halogenated alkanes) is 1. The average Bonchev–Trinajstić information content (AvgIpc) is 2.08. The minimum atomic E-state index is 0.344. The van der Waals surface area contributed by atoms with E-state index in [4.69, 9.17) is 5.11 Å². The summed E-state index contributed by atoms with van der Waals surface area (Å²) >= 11 is 0. The van der Waals surface area contributed by atoms with Crippen LogP contribution in [0.1, 0.15) is 25.3 Å². The van der Waals surface area contributed by atoms with Crippen LogP contribution in [-0.4, -0.2) is 16.7 Å². The zero-order chi connectivity index (χ0) is 9.23. The van der Waals surface area contributed by atoms with E-state index < -0.39 is 0 Å². The Labute approximate surface area is 74.3 Å². The van der Waals surface area contributed by atoms with Crippen molar-refractivity contribution < 1.29 is 5.11 Å². The molecule has 0 aliphatic rings. The monoisotopic (exact) mass is 167 g/mol. The summed E-state index contributed by atoms with van der Waals surface area (Å²) in [6.45, 7) is 4.42. The molecule has 1 N–H and O–H groups in total. The van der Waals surface area contributed by atoms with E-state index in [9.17, 15) is 0 Å². The van der Waals surface area contributed by atoms with Gasteiger partial charge in [0.15, 0.2) is 0 Å². The Morgan fingerprint density at radius 1 is 1.50 bits per heavy atom. The normalized spacial score (nSPS) is 8.58. The van der Waals surface area contributed by atoms with Gasteiger partial charge in [0.1, 0.15) is 0 Å². The summed E-state index contributed by atoms with van der Waals surface area (Å²) in [7, 11) is 0. The van der Waals surface area contributed by atoms with Crippen LogP contribution in [0.4, 0.5) is 0 Å². The highest BCUT2D eigenvalue weighted by atomic mass is 16.2. The molecule has 2 heteroatoms. The van der Waals surface area contributed by atoms with Crippen LogP contribution in [0.3, 0.4) is 0 Å². The third-order valence-electron chi connectivity index (χ3n) is 1.32. The molecular weight excluding hydrogens is 150 g/mol. The van der Waals surface area contributed by atoms with Gasteiger partial charge in [0.25, 0.3) is 0 Å². The summed E-state index contributed by atoms with van der Waals surface area (Å²) in [6.07, 6.45) is 5.64. The van der Waals surface area contributed by atoms with Gasteiger partial charge in [-0.3, -0.25) is 4.98 Å². The summed E-state index contributed by atoms with van der Waals surface area (Å²) in [5, 5.41) is 8.07. The van der Waals surface area contributed by atoms with Crippen LogP contribution in [-0.2, 0) is 0 Å². The SMILES string of the molecule is CCCCO.Cc1cccnc1. The lowest BCUT2D eigenvalue weighted by molar-refractivity contribution is 0.287. The van der Waals surface area contributed by atoms with Gasteiger partial charge in [0.05, 0.1) is 0 Å². The molecule has 0 saturated heterocycles. The first kappa shape index (κ1) is 11.1. The van der Waals surface area contributed by atoms with Gasteiger partial charge in [-0.25, -0.2) is 0 Å². The molecule has 12 heavy (non-hydrogen) atoms. The maximum absolute atomic E-state index is 8.07. The van der Waals surface area contributed by atoms with E-state index >= 15 is 0 Å². The summed E-state index contributed by atoms with van der Waals surface area (Å²) in [4.78, 5) is 3.88. The van der Waals surface area contributed by atoms with Gasteiger partial charge in [-0.2, -0.15) is 0 Å². The Morgan fingerprint density at radius 3 is 2.42 bits per heavy atom. The second kappa shape index (κ2) is 8.21. The van der Waals surface area contributed by atoms with Crippen molar-refractivity contribution in [1.82, 2.24) is 4.98 Å². The van der Waals surface area contributed by atoms with Crippen molar-refractivity contribution in [2.45, 2.75) is 26.7 Å². The molecule has 0 aliphatic heterocycles. The fourth-order valence-corrected chi connectivity index (χ4v) is 0.606. The van der Waals surface area contributed by atoms with Crippen molar-refractivity contribution in [2.24, 2.45) is 0 Å². The third kappa shape index (κ3) is 7.22. The van der Waals surface area contributed by atoms with Crippen LogP contribution >= 0.6 is 0 Å².